The molecule has 0 saturated carbocycles. The molecule has 0 spiro atoms. The van der Waals surface area contributed by atoms with E-state index in [1.54, 1.807) is 7.11 Å². The predicted molar refractivity (Wildman–Crippen MR) is 70.4 cm³/mol. The lowest BCUT2D eigenvalue weighted by atomic mass is 10.2. The Balaban J connectivity index is 2.54. The quantitative estimate of drug-likeness (QED) is 0.816. The number of halogens is 1. The average Bonchev–Trinajstić information content (AvgIpc) is 2.59. The highest BCUT2D eigenvalue weighted by Gasteiger charge is 2.13. The minimum absolute atomic E-state index is 0.408. The molecule has 0 aliphatic heterocycles. The number of aryl methyl sites for hydroxylation is 2. The van der Waals surface area contributed by atoms with Gasteiger partial charge in [-0.1, -0.05) is 18.5 Å². The number of rotatable bonds is 7. The smallest absolute Gasteiger partial charge is 0.0863 e. The van der Waals surface area contributed by atoms with Gasteiger partial charge in [-0.15, -0.1) is 0 Å². The largest absolute Gasteiger partial charge is 0.385 e. The molecule has 0 aromatic carbocycles. The van der Waals surface area contributed by atoms with Crippen LogP contribution in [0.3, 0.4) is 0 Å². The van der Waals surface area contributed by atoms with E-state index < -0.39 is 0 Å². The summed E-state index contributed by atoms with van der Waals surface area (Å²) >= 11 is 6.27. The highest BCUT2D eigenvalue weighted by Crippen LogP contribution is 2.20. The summed E-state index contributed by atoms with van der Waals surface area (Å²) in [6, 6.07) is 0.408. The highest BCUT2D eigenvalue weighted by molar-refractivity contribution is 6.31. The Hall–Kier alpha value is -0.580. The number of hydrogen-bond acceptors (Lipinski definition) is 3. The van der Waals surface area contributed by atoms with E-state index in [1.165, 1.54) is 0 Å². The van der Waals surface area contributed by atoms with E-state index in [2.05, 4.69) is 24.3 Å². The molecule has 1 rings (SSSR count). The molecule has 1 heterocycles. The number of methoxy groups -OCH3 is 1. The van der Waals surface area contributed by atoms with Crippen LogP contribution in [-0.4, -0.2) is 29.5 Å². The summed E-state index contributed by atoms with van der Waals surface area (Å²) in [6.07, 6.45) is 1.86. The van der Waals surface area contributed by atoms with Crippen LogP contribution in [0, 0.1) is 0 Å². The Labute approximate surface area is 108 Å². The molecule has 0 amide bonds. The van der Waals surface area contributed by atoms with Gasteiger partial charge in [0, 0.05) is 33.4 Å². The maximum absolute atomic E-state index is 6.27. The number of ether oxygens (including phenoxy) is 1. The van der Waals surface area contributed by atoms with Gasteiger partial charge in [-0.3, -0.25) is 4.68 Å². The Morgan fingerprint density at radius 3 is 2.76 bits per heavy atom. The van der Waals surface area contributed by atoms with Gasteiger partial charge in [-0.2, -0.15) is 5.10 Å². The second-order valence-electron chi connectivity index (χ2n) is 4.25. The van der Waals surface area contributed by atoms with E-state index in [1.807, 2.05) is 11.7 Å². The van der Waals surface area contributed by atoms with Crippen molar-refractivity contribution in [3.05, 3.63) is 16.4 Å². The first-order chi connectivity index (χ1) is 8.10. The summed E-state index contributed by atoms with van der Waals surface area (Å²) in [5.74, 6) is 0. The van der Waals surface area contributed by atoms with Gasteiger partial charge < -0.3 is 10.1 Å². The molecule has 1 atom stereocenters. The lowest BCUT2D eigenvalue weighted by molar-refractivity contribution is 0.184. The summed E-state index contributed by atoms with van der Waals surface area (Å²) in [5, 5.41) is 8.61. The molecular weight excluding hydrogens is 238 g/mol. The first kappa shape index (κ1) is 14.5. The third-order valence-electron chi connectivity index (χ3n) is 2.88. The molecule has 98 valence electrons. The number of nitrogens with zero attached hydrogens (tertiary/aromatic N) is 2. The van der Waals surface area contributed by atoms with E-state index in [0.717, 1.165) is 42.4 Å². The van der Waals surface area contributed by atoms with Crippen molar-refractivity contribution >= 4 is 11.6 Å². The third-order valence-corrected chi connectivity index (χ3v) is 3.31. The van der Waals surface area contributed by atoms with E-state index >= 15 is 0 Å². The number of aromatic nitrogens is 2. The second kappa shape index (κ2) is 6.99. The third kappa shape index (κ3) is 3.98. The van der Waals surface area contributed by atoms with Crippen molar-refractivity contribution in [2.24, 2.45) is 7.05 Å². The van der Waals surface area contributed by atoms with Crippen LogP contribution in [-0.2, 0) is 24.8 Å². The van der Waals surface area contributed by atoms with Crippen LogP contribution in [0.1, 0.15) is 31.7 Å². The Bertz CT molecular complexity index is 352. The normalized spacial score (nSPS) is 13.0. The lowest BCUT2D eigenvalue weighted by Crippen LogP contribution is -2.27. The van der Waals surface area contributed by atoms with E-state index in [-0.39, 0.29) is 0 Å². The molecule has 0 aliphatic rings. The minimum Gasteiger partial charge on any atom is -0.385 e. The number of nitrogens with one attached hydrogen (secondary N) is 1. The summed E-state index contributed by atoms with van der Waals surface area (Å²) < 4.78 is 6.91. The molecule has 1 aromatic heterocycles. The summed E-state index contributed by atoms with van der Waals surface area (Å²) in [4.78, 5) is 0. The zero-order valence-electron chi connectivity index (χ0n) is 11.1. The maximum atomic E-state index is 6.27. The highest BCUT2D eigenvalue weighted by atomic mass is 35.5. The molecule has 0 saturated heterocycles. The molecule has 0 fully saturated rings. The molecular formula is C12H22ClN3O. The molecule has 4 nitrogen and oxygen atoms in total. The molecule has 1 N–H and O–H groups in total. The fraction of sp³-hybridized carbons (Fsp3) is 0.750. The summed E-state index contributed by atoms with van der Waals surface area (Å²) in [7, 11) is 3.65. The molecule has 0 aliphatic carbocycles. The monoisotopic (exact) mass is 259 g/mol. The van der Waals surface area contributed by atoms with Gasteiger partial charge >= 0.3 is 0 Å². The van der Waals surface area contributed by atoms with Crippen LogP contribution in [0.25, 0.3) is 0 Å². The fourth-order valence-corrected chi connectivity index (χ4v) is 2.04. The first-order valence-corrected chi connectivity index (χ1v) is 6.40. The lowest BCUT2D eigenvalue weighted by Gasteiger charge is -2.13. The van der Waals surface area contributed by atoms with Crippen LogP contribution < -0.4 is 5.32 Å². The van der Waals surface area contributed by atoms with Crippen molar-refractivity contribution in [3.8, 4) is 0 Å². The Kier molecular flexibility index (Phi) is 5.95. The van der Waals surface area contributed by atoms with Gasteiger partial charge in [-0.05, 0) is 19.8 Å². The predicted octanol–water partition coefficient (Wildman–Crippen LogP) is 2.15. The van der Waals surface area contributed by atoms with Crippen molar-refractivity contribution in [2.75, 3.05) is 13.7 Å². The molecule has 0 bridgehead atoms. The zero-order valence-corrected chi connectivity index (χ0v) is 11.8. The van der Waals surface area contributed by atoms with Gasteiger partial charge in [0.1, 0.15) is 0 Å². The fourth-order valence-electron chi connectivity index (χ4n) is 1.68. The van der Waals surface area contributed by atoms with Gasteiger partial charge in [0.05, 0.1) is 16.4 Å². The second-order valence-corrected chi connectivity index (χ2v) is 4.63. The molecule has 0 radical (unpaired) electrons. The van der Waals surface area contributed by atoms with Crippen molar-refractivity contribution in [1.29, 1.82) is 0 Å². The average molecular weight is 260 g/mol. The summed E-state index contributed by atoms with van der Waals surface area (Å²) in [5.41, 5.74) is 2.02. The van der Waals surface area contributed by atoms with Crippen molar-refractivity contribution in [2.45, 2.75) is 39.3 Å². The van der Waals surface area contributed by atoms with Crippen molar-refractivity contribution < 1.29 is 4.74 Å². The molecule has 1 unspecified atom stereocenters. The van der Waals surface area contributed by atoms with Crippen molar-refractivity contribution in [1.82, 2.24) is 15.1 Å². The minimum atomic E-state index is 0.408. The Morgan fingerprint density at radius 2 is 2.24 bits per heavy atom. The van der Waals surface area contributed by atoms with E-state index in [4.69, 9.17) is 16.3 Å². The maximum Gasteiger partial charge on any atom is 0.0863 e. The number of hydrogen-bond donors (Lipinski definition) is 1. The van der Waals surface area contributed by atoms with Crippen LogP contribution in [0.5, 0.6) is 0 Å². The van der Waals surface area contributed by atoms with Gasteiger partial charge in [-0.25, -0.2) is 0 Å². The standard InChI is InChI=1S/C12H22ClN3O/c1-5-10-12(13)11(16(3)15-10)8-14-9(2)6-7-17-4/h9,14H,5-8H2,1-4H3. The van der Waals surface area contributed by atoms with Crippen molar-refractivity contribution in [3.63, 3.8) is 0 Å². The van der Waals surface area contributed by atoms with Crippen LogP contribution in [0.4, 0.5) is 0 Å². The zero-order chi connectivity index (χ0) is 12.8. The van der Waals surface area contributed by atoms with Crippen LogP contribution in [0.15, 0.2) is 0 Å². The molecule has 17 heavy (non-hydrogen) atoms. The van der Waals surface area contributed by atoms with E-state index in [0.29, 0.717) is 6.04 Å². The SMILES string of the molecule is CCc1nn(C)c(CNC(C)CCOC)c1Cl. The van der Waals surface area contributed by atoms with Gasteiger partial charge in [0.2, 0.25) is 0 Å². The summed E-state index contributed by atoms with van der Waals surface area (Å²) in [6.45, 7) is 5.72. The first-order valence-electron chi connectivity index (χ1n) is 6.02. The Morgan fingerprint density at radius 1 is 1.53 bits per heavy atom. The van der Waals surface area contributed by atoms with Crippen LogP contribution in [0.2, 0.25) is 5.02 Å². The van der Waals surface area contributed by atoms with Gasteiger partial charge in [0.15, 0.2) is 0 Å². The topological polar surface area (TPSA) is 39.1 Å². The molecule has 1 aromatic rings. The molecule has 5 heteroatoms. The van der Waals surface area contributed by atoms with E-state index in [9.17, 15) is 0 Å². The van der Waals surface area contributed by atoms with Crippen LogP contribution >= 0.6 is 11.6 Å². The van der Waals surface area contributed by atoms with Gasteiger partial charge in [0.25, 0.3) is 0 Å².